The molecule has 3 rings (SSSR count). The van der Waals surface area contributed by atoms with E-state index >= 15 is 0 Å². The number of nitrogens with one attached hydrogen (secondary N) is 1. The Kier molecular flexibility index (Phi) is 3.77. The zero-order valence-electron chi connectivity index (χ0n) is 11.1. The van der Waals surface area contributed by atoms with E-state index in [1.807, 2.05) is 12.1 Å². The van der Waals surface area contributed by atoms with Crippen molar-refractivity contribution in [2.75, 3.05) is 11.9 Å². The van der Waals surface area contributed by atoms with Crippen molar-refractivity contribution < 1.29 is 0 Å². The first-order valence-corrected chi connectivity index (χ1v) is 7.12. The lowest BCUT2D eigenvalue weighted by atomic mass is 9.89. The van der Waals surface area contributed by atoms with Gasteiger partial charge in [-0.2, -0.15) is 15.0 Å². The molecule has 0 atom stereocenters. The van der Waals surface area contributed by atoms with Gasteiger partial charge in [-0.1, -0.05) is 19.3 Å². The molecule has 19 heavy (non-hydrogen) atoms. The van der Waals surface area contributed by atoms with Crippen LogP contribution in [-0.2, 0) is 0 Å². The third kappa shape index (κ3) is 3.13. The third-order valence-electron chi connectivity index (χ3n) is 3.84. The zero-order chi connectivity index (χ0) is 12.9. The maximum absolute atomic E-state index is 4.12. The summed E-state index contributed by atoms with van der Waals surface area (Å²) in [7, 11) is 0. The summed E-state index contributed by atoms with van der Waals surface area (Å²) in [6.45, 7) is 1.10. The standard InChI is InChI=1S/C15H20N4/c1-2-4-13(5-3-1)12-16-14-6-8-15(9-7-14)19-17-10-11-18-19/h6-11,13,16H,1-5,12H2. The lowest BCUT2D eigenvalue weighted by Gasteiger charge is -2.22. The molecule has 1 saturated carbocycles. The van der Waals surface area contributed by atoms with Crippen LogP contribution in [0.4, 0.5) is 5.69 Å². The number of nitrogens with zero attached hydrogens (tertiary/aromatic N) is 3. The van der Waals surface area contributed by atoms with Gasteiger partial charge in [0.1, 0.15) is 0 Å². The van der Waals surface area contributed by atoms with Crippen molar-refractivity contribution in [1.29, 1.82) is 0 Å². The Bertz CT molecular complexity index is 483. The predicted molar refractivity (Wildman–Crippen MR) is 76.4 cm³/mol. The monoisotopic (exact) mass is 256 g/mol. The molecule has 0 saturated heterocycles. The van der Waals surface area contributed by atoms with Gasteiger partial charge in [0.05, 0.1) is 18.1 Å². The molecule has 1 heterocycles. The minimum Gasteiger partial charge on any atom is -0.385 e. The molecule has 2 aromatic rings. The van der Waals surface area contributed by atoms with E-state index in [9.17, 15) is 0 Å². The molecule has 4 nitrogen and oxygen atoms in total. The van der Waals surface area contributed by atoms with Crippen molar-refractivity contribution in [2.24, 2.45) is 5.92 Å². The second-order valence-corrected chi connectivity index (χ2v) is 5.25. The second kappa shape index (κ2) is 5.87. The van der Waals surface area contributed by atoms with Crippen LogP contribution in [0.25, 0.3) is 5.69 Å². The number of anilines is 1. The predicted octanol–water partition coefficient (Wildman–Crippen LogP) is 3.26. The largest absolute Gasteiger partial charge is 0.385 e. The number of rotatable bonds is 4. The molecule has 0 spiro atoms. The summed E-state index contributed by atoms with van der Waals surface area (Å²) in [5.41, 5.74) is 2.18. The van der Waals surface area contributed by atoms with Gasteiger partial charge in [-0.15, -0.1) is 0 Å². The minimum absolute atomic E-state index is 0.848. The molecule has 1 aromatic carbocycles. The smallest absolute Gasteiger partial charge is 0.0858 e. The molecular formula is C15H20N4. The summed E-state index contributed by atoms with van der Waals surface area (Å²) in [5, 5.41) is 11.8. The van der Waals surface area contributed by atoms with Crippen molar-refractivity contribution >= 4 is 5.69 Å². The number of hydrogen-bond acceptors (Lipinski definition) is 3. The van der Waals surface area contributed by atoms with E-state index in [1.165, 1.54) is 37.8 Å². The molecule has 1 aliphatic carbocycles. The van der Waals surface area contributed by atoms with Crippen LogP contribution < -0.4 is 5.32 Å². The van der Waals surface area contributed by atoms with Gasteiger partial charge in [-0.25, -0.2) is 0 Å². The number of aromatic nitrogens is 3. The fourth-order valence-electron chi connectivity index (χ4n) is 2.72. The molecular weight excluding hydrogens is 236 g/mol. The highest BCUT2D eigenvalue weighted by Crippen LogP contribution is 2.24. The first-order chi connectivity index (χ1) is 9.42. The lowest BCUT2D eigenvalue weighted by Crippen LogP contribution is -2.17. The quantitative estimate of drug-likeness (QED) is 0.913. The summed E-state index contributed by atoms with van der Waals surface area (Å²) in [6.07, 6.45) is 10.4. The highest BCUT2D eigenvalue weighted by Gasteiger charge is 2.12. The van der Waals surface area contributed by atoms with E-state index in [-0.39, 0.29) is 0 Å². The van der Waals surface area contributed by atoms with Crippen LogP contribution in [0.2, 0.25) is 0 Å². The summed E-state index contributed by atoms with van der Waals surface area (Å²) in [4.78, 5) is 1.63. The molecule has 1 fully saturated rings. The fourth-order valence-corrected chi connectivity index (χ4v) is 2.72. The topological polar surface area (TPSA) is 42.7 Å². The molecule has 0 bridgehead atoms. The van der Waals surface area contributed by atoms with Gasteiger partial charge < -0.3 is 5.32 Å². The molecule has 0 amide bonds. The van der Waals surface area contributed by atoms with E-state index in [4.69, 9.17) is 0 Å². The molecule has 1 N–H and O–H groups in total. The highest BCUT2D eigenvalue weighted by atomic mass is 15.5. The molecule has 0 radical (unpaired) electrons. The Morgan fingerprint density at radius 3 is 2.37 bits per heavy atom. The van der Waals surface area contributed by atoms with Crippen molar-refractivity contribution in [1.82, 2.24) is 15.0 Å². The number of hydrogen-bond donors (Lipinski definition) is 1. The maximum atomic E-state index is 4.12. The van der Waals surface area contributed by atoms with Crippen LogP contribution in [0.1, 0.15) is 32.1 Å². The molecule has 1 aromatic heterocycles. The van der Waals surface area contributed by atoms with E-state index in [0.717, 1.165) is 18.2 Å². The summed E-state index contributed by atoms with van der Waals surface area (Å²) in [6, 6.07) is 8.29. The average molecular weight is 256 g/mol. The van der Waals surface area contributed by atoms with E-state index in [1.54, 1.807) is 17.2 Å². The highest BCUT2D eigenvalue weighted by molar-refractivity contribution is 5.48. The summed E-state index contributed by atoms with van der Waals surface area (Å²) < 4.78 is 0. The SMILES string of the molecule is c1cnn(-c2ccc(NCC3CCCCC3)cc2)n1. The van der Waals surface area contributed by atoms with Crippen molar-refractivity contribution in [3.8, 4) is 5.69 Å². The second-order valence-electron chi connectivity index (χ2n) is 5.25. The Morgan fingerprint density at radius 2 is 1.68 bits per heavy atom. The van der Waals surface area contributed by atoms with Crippen LogP contribution in [0.5, 0.6) is 0 Å². The van der Waals surface area contributed by atoms with Crippen LogP contribution >= 0.6 is 0 Å². The van der Waals surface area contributed by atoms with Gasteiger partial charge >= 0.3 is 0 Å². The molecule has 100 valence electrons. The lowest BCUT2D eigenvalue weighted by molar-refractivity contribution is 0.373. The summed E-state index contributed by atoms with van der Waals surface area (Å²) in [5.74, 6) is 0.848. The molecule has 0 unspecified atom stereocenters. The Labute approximate surface area is 113 Å². The average Bonchev–Trinajstić information content (AvgIpc) is 3.01. The van der Waals surface area contributed by atoms with Gasteiger partial charge in [0.25, 0.3) is 0 Å². The Morgan fingerprint density at radius 1 is 1.00 bits per heavy atom. The van der Waals surface area contributed by atoms with Crippen molar-refractivity contribution in [2.45, 2.75) is 32.1 Å². The van der Waals surface area contributed by atoms with Gasteiger partial charge in [0, 0.05) is 12.2 Å². The molecule has 0 aliphatic heterocycles. The van der Waals surface area contributed by atoms with E-state index < -0.39 is 0 Å². The van der Waals surface area contributed by atoms with Crippen LogP contribution in [-0.4, -0.2) is 21.5 Å². The van der Waals surface area contributed by atoms with Crippen molar-refractivity contribution in [3.63, 3.8) is 0 Å². The van der Waals surface area contributed by atoms with Crippen LogP contribution in [0.15, 0.2) is 36.7 Å². The van der Waals surface area contributed by atoms with Gasteiger partial charge in [-0.3, -0.25) is 0 Å². The normalized spacial score (nSPS) is 16.4. The van der Waals surface area contributed by atoms with Gasteiger partial charge in [0.15, 0.2) is 0 Å². The minimum atomic E-state index is 0.848. The van der Waals surface area contributed by atoms with Crippen LogP contribution in [0.3, 0.4) is 0 Å². The zero-order valence-corrected chi connectivity index (χ0v) is 11.1. The first kappa shape index (κ1) is 12.2. The third-order valence-corrected chi connectivity index (χ3v) is 3.84. The number of benzene rings is 1. The fraction of sp³-hybridized carbons (Fsp3) is 0.467. The van der Waals surface area contributed by atoms with Crippen LogP contribution in [0, 0.1) is 5.92 Å². The molecule has 4 heteroatoms. The first-order valence-electron chi connectivity index (χ1n) is 7.12. The molecule has 1 aliphatic rings. The van der Waals surface area contributed by atoms with Gasteiger partial charge in [0.2, 0.25) is 0 Å². The maximum Gasteiger partial charge on any atom is 0.0858 e. The van der Waals surface area contributed by atoms with E-state index in [2.05, 4.69) is 27.6 Å². The Balaban J connectivity index is 1.57. The Hall–Kier alpha value is -1.84. The van der Waals surface area contributed by atoms with Crippen molar-refractivity contribution in [3.05, 3.63) is 36.7 Å². The van der Waals surface area contributed by atoms with E-state index in [0.29, 0.717) is 0 Å². The van der Waals surface area contributed by atoms with Gasteiger partial charge in [-0.05, 0) is 43.0 Å². The summed E-state index contributed by atoms with van der Waals surface area (Å²) >= 11 is 0.